The number of carbonyl (C=O) groups is 2. The summed E-state index contributed by atoms with van der Waals surface area (Å²) >= 11 is 0. The van der Waals surface area contributed by atoms with Gasteiger partial charge in [-0.1, -0.05) is 12.1 Å². The normalized spacial score (nSPS) is 10.7. The second-order valence-corrected chi connectivity index (χ2v) is 5.46. The number of nitrogens with zero attached hydrogens (tertiary/aromatic N) is 6. The maximum atomic E-state index is 12.6. The summed E-state index contributed by atoms with van der Waals surface area (Å²) < 4.78 is 2.99. The first kappa shape index (κ1) is 16.3. The van der Waals surface area contributed by atoms with E-state index in [4.69, 9.17) is 5.73 Å². The molecule has 0 saturated heterocycles. The summed E-state index contributed by atoms with van der Waals surface area (Å²) in [4.78, 5) is 24.1. The molecule has 0 bridgehead atoms. The fraction of sp³-hybridized carbons (Fsp3) is 0.200. The van der Waals surface area contributed by atoms with E-state index >= 15 is 0 Å². The topological polar surface area (TPSA) is 134 Å². The van der Waals surface area contributed by atoms with Crippen LogP contribution in [-0.4, -0.2) is 41.8 Å². The Morgan fingerprint density at radius 3 is 2.60 bits per heavy atom. The smallest absolute Gasteiger partial charge is 0.271 e. The molecule has 0 radical (unpaired) electrons. The Hall–Kier alpha value is -3.56. The Morgan fingerprint density at radius 1 is 1.20 bits per heavy atom. The number of amides is 2. The SMILES string of the molecule is Cc1c(NC(=O)c2cccc(-c3nnnn3C)c2)c(C(N)=O)nn1C. The number of benzene rings is 1. The molecule has 10 heteroatoms. The molecule has 128 valence electrons. The summed E-state index contributed by atoms with van der Waals surface area (Å²) in [5.41, 5.74) is 7.34. The van der Waals surface area contributed by atoms with Crippen LogP contribution >= 0.6 is 0 Å². The number of aromatic nitrogens is 6. The molecule has 0 fully saturated rings. The van der Waals surface area contributed by atoms with Crippen molar-refractivity contribution < 1.29 is 9.59 Å². The lowest BCUT2D eigenvalue weighted by molar-refractivity contribution is 0.0995. The Bertz CT molecular complexity index is 972. The molecule has 2 heterocycles. The Morgan fingerprint density at radius 2 is 1.96 bits per heavy atom. The van der Waals surface area contributed by atoms with Gasteiger partial charge in [0.1, 0.15) is 0 Å². The molecular formula is C15H16N8O2. The standard InChI is InChI=1S/C15H16N8O2/c1-8-11(12(13(16)24)19-22(8)2)17-15(25)10-6-4-5-9(7-10)14-18-20-21-23(14)3/h4-7H,1-3H3,(H2,16,24)(H,17,25). The van der Waals surface area contributed by atoms with Gasteiger partial charge < -0.3 is 11.1 Å². The molecule has 0 atom stereocenters. The van der Waals surface area contributed by atoms with E-state index in [1.54, 1.807) is 45.3 Å². The number of hydrogen-bond acceptors (Lipinski definition) is 6. The number of rotatable bonds is 4. The molecule has 25 heavy (non-hydrogen) atoms. The van der Waals surface area contributed by atoms with E-state index < -0.39 is 11.8 Å². The lowest BCUT2D eigenvalue weighted by Crippen LogP contribution is -2.18. The van der Waals surface area contributed by atoms with Gasteiger partial charge in [-0.25, -0.2) is 4.68 Å². The zero-order valence-corrected chi connectivity index (χ0v) is 13.9. The first-order valence-electron chi connectivity index (χ1n) is 7.36. The third kappa shape index (κ3) is 2.96. The molecule has 0 aliphatic carbocycles. The minimum absolute atomic E-state index is 0.0157. The first-order chi connectivity index (χ1) is 11.9. The molecule has 0 aliphatic rings. The van der Waals surface area contributed by atoms with Gasteiger partial charge in [0, 0.05) is 25.2 Å². The third-order valence-electron chi connectivity index (χ3n) is 3.81. The van der Waals surface area contributed by atoms with Crippen molar-refractivity contribution in [2.45, 2.75) is 6.92 Å². The van der Waals surface area contributed by atoms with Gasteiger partial charge in [-0.3, -0.25) is 14.3 Å². The van der Waals surface area contributed by atoms with Crippen molar-refractivity contribution in [3.05, 3.63) is 41.2 Å². The first-order valence-corrected chi connectivity index (χ1v) is 7.36. The van der Waals surface area contributed by atoms with E-state index in [2.05, 4.69) is 25.9 Å². The average molecular weight is 340 g/mol. The minimum Gasteiger partial charge on any atom is -0.364 e. The van der Waals surface area contributed by atoms with Crippen molar-refractivity contribution in [2.75, 3.05) is 5.32 Å². The van der Waals surface area contributed by atoms with Crippen molar-refractivity contribution in [1.82, 2.24) is 30.0 Å². The molecular weight excluding hydrogens is 324 g/mol. The van der Waals surface area contributed by atoms with Crippen LogP contribution < -0.4 is 11.1 Å². The number of primary amides is 1. The van der Waals surface area contributed by atoms with E-state index in [1.807, 2.05) is 0 Å². The fourth-order valence-electron chi connectivity index (χ4n) is 2.39. The lowest BCUT2D eigenvalue weighted by atomic mass is 10.1. The van der Waals surface area contributed by atoms with Crippen LogP contribution in [0.5, 0.6) is 0 Å². The molecule has 0 unspecified atom stereocenters. The van der Waals surface area contributed by atoms with Crippen molar-refractivity contribution >= 4 is 17.5 Å². The zero-order chi connectivity index (χ0) is 18.1. The van der Waals surface area contributed by atoms with Gasteiger partial charge in [0.2, 0.25) is 0 Å². The van der Waals surface area contributed by atoms with Gasteiger partial charge >= 0.3 is 0 Å². The third-order valence-corrected chi connectivity index (χ3v) is 3.81. The summed E-state index contributed by atoms with van der Waals surface area (Å²) in [6.07, 6.45) is 0. The Labute approximate surface area is 142 Å². The second-order valence-electron chi connectivity index (χ2n) is 5.46. The number of aryl methyl sites for hydroxylation is 2. The number of tetrazole rings is 1. The highest BCUT2D eigenvalue weighted by molar-refractivity contribution is 6.08. The molecule has 0 saturated carbocycles. The van der Waals surface area contributed by atoms with Gasteiger partial charge in [-0.15, -0.1) is 5.10 Å². The lowest BCUT2D eigenvalue weighted by Gasteiger charge is -2.07. The van der Waals surface area contributed by atoms with Gasteiger partial charge in [0.15, 0.2) is 11.5 Å². The van der Waals surface area contributed by atoms with E-state index in [0.29, 0.717) is 28.3 Å². The largest absolute Gasteiger partial charge is 0.364 e. The highest BCUT2D eigenvalue weighted by atomic mass is 16.2. The van der Waals surface area contributed by atoms with Crippen LogP contribution in [0.3, 0.4) is 0 Å². The molecule has 1 aromatic carbocycles. The number of hydrogen-bond donors (Lipinski definition) is 2. The predicted octanol–water partition coefficient (Wildman–Crippen LogP) is 0.270. The minimum atomic E-state index is -0.710. The Balaban J connectivity index is 1.93. The fourth-order valence-corrected chi connectivity index (χ4v) is 2.39. The van der Waals surface area contributed by atoms with E-state index in [9.17, 15) is 9.59 Å². The van der Waals surface area contributed by atoms with Crippen LogP contribution in [0.15, 0.2) is 24.3 Å². The maximum Gasteiger partial charge on any atom is 0.271 e. The van der Waals surface area contributed by atoms with Gasteiger partial charge in [0.05, 0.1) is 11.4 Å². The summed E-state index contributed by atoms with van der Waals surface area (Å²) in [6.45, 7) is 1.73. The van der Waals surface area contributed by atoms with E-state index in [1.165, 1.54) is 9.36 Å². The molecule has 0 aliphatic heterocycles. The highest BCUT2D eigenvalue weighted by Gasteiger charge is 2.20. The molecule has 2 aromatic heterocycles. The molecule has 3 aromatic rings. The van der Waals surface area contributed by atoms with Crippen molar-refractivity contribution in [2.24, 2.45) is 19.8 Å². The average Bonchev–Trinajstić information content (AvgIpc) is 3.13. The quantitative estimate of drug-likeness (QED) is 0.700. The maximum absolute atomic E-state index is 12.6. The molecule has 2 amide bonds. The van der Waals surface area contributed by atoms with Crippen LogP contribution in [0.25, 0.3) is 11.4 Å². The molecule has 10 nitrogen and oxygen atoms in total. The van der Waals surface area contributed by atoms with Gasteiger partial charge in [-0.05, 0) is 29.5 Å². The summed E-state index contributed by atoms with van der Waals surface area (Å²) in [6, 6.07) is 6.84. The van der Waals surface area contributed by atoms with Gasteiger partial charge in [0.25, 0.3) is 11.8 Å². The second kappa shape index (κ2) is 6.15. The van der Waals surface area contributed by atoms with Crippen LogP contribution in [0.4, 0.5) is 5.69 Å². The van der Waals surface area contributed by atoms with Crippen molar-refractivity contribution in [1.29, 1.82) is 0 Å². The summed E-state index contributed by atoms with van der Waals surface area (Å²) in [7, 11) is 3.37. The molecule has 3 rings (SSSR count). The zero-order valence-electron chi connectivity index (χ0n) is 13.9. The van der Waals surface area contributed by atoms with E-state index in [0.717, 1.165) is 0 Å². The van der Waals surface area contributed by atoms with Crippen LogP contribution in [0.1, 0.15) is 26.5 Å². The summed E-state index contributed by atoms with van der Waals surface area (Å²) in [5, 5.41) is 18.0. The number of anilines is 1. The van der Waals surface area contributed by atoms with E-state index in [-0.39, 0.29) is 5.69 Å². The van der Waals surface area contributed by atoms with Gasteiger partial charge in [-0.2, -0.15) is 5.10 Å². The number of nitrogens with one attached hydrogen (secondary N) is 1. The summed E-state index contributed by atoms with van der Waals surface area (Å²) in [5.74, 6) is -0.571. The van der Waals surface area contributed by atoms with Crippen LogP contribution in [-0.2, 0) is 14.1 Å². The Kier molecular flexibility index (Phi) is 4.01. The number of carbonyl (C=O) groups excluding carboxylic acids is 2. The van der Waals surface area contributed by atoms with Crippen molar-refractivity contribution in [3.63, 3.8) is 0 Å². The monoisotopic (exact) mass is 340 g/mol. The molecule has 3 N–H and O–H groups in total. The predicted molar refractivity (Wildman–Crippen MR) is 88.7 cm³/mol. The van der Waals surface area contributed by atoms with Crippen molar-refractivity contribution in [3.8, 4) is 11.4 Å². The number of nitrogens with two attached hydrogens (primary N) is 1. The van der Waals surface area contributed by atoms with Crippen LogP contribution in [0.2, 0.25) is 0 Å². The van der Waals surface area contributed by atoms with Crippen LogP contribution in [0, 0.1) is 6.92 Å². The highest BCUT2D eigenvalue weighted by Crippen LogP contribution is 2.21. The molecule has 0 spiro atoms.